The van der Waals surface area contributed by atoms with Gasteiger partial charge in [0, 0.05) is 35.5 Å². The van der Waals surface area contributed by atoms with Crippen molar-refractivity contribution in [2.24, 2.45) is 0 Å². The summed E-state index contributed by atoms with van der Waals surface area (Å²) in [7, 11) is 0. The molecule has 0 radical (unpaired) electrons. The van der Waals surface area contributed by atoms with E-state index in [2.05, 4.69) is 16.5 Å². The van der Waals surface area contributed by atoms with Crippen LogP contribution in [0.25, 0.3) is 0 Å². The Labute approximate surface area is 128 Å². The summed E-state index contributed by atoms with van der Waals surface area (Å²) in [6.07, 6.45) is 4.76. The van der Waals surface area contributed by atoms with Crippen molar-refractivity contribution in [3.63, 3.8) is 0 Å². The molecule has 1 aliphatic heterocycles. The third kappa shape index (κ3) is 3.29. The van der Waals surface area contributed by atoms with E-state index in [-0.39, 0.29) is 12.1 Å². The maximum atomic E-state index is 12.0. The molecular formula is C16H18N2O2S. The second-order valence-corrected chi connectivity index (χ2v) is 6.34. The molecule has 0 spiro atoms. The van der Waals surface area contributed by atoms with Gasteiger partial charge in [-0.3, -0.25) is 4.79 Å². The fourth-order valence-electron chi connectivity index (χ4n) is 2.56. The highest BCUT2D eigenvalue weighted by Gasteiger charge is 2.31. The largest absolute Gasteiger partial charge is 0.454 e. The van der Waals surface area contributed by atoms with E-state index < -0.39 is 0 Å². The van der Waals surface area contributed by atoms with Gasteiger partial charge in [0.2, 0.25) is 0 Å². The molecule has 110 valence electrons. The van der Waals surface area contributed by atoms with Crippen molar-refractivity contribution in [1.82, 2.24) is 9.55 Å². The third-order valence-corrected chi connectivity index (χ3v) is 4.62. The van der Waals surface area contributed by atoms with Crippen LogP contribution in [0.3, 0.4) is 0 Å². The van der Waals surface area contributed by atoms with Gasteiger partial charge in [-0.2, -0.15) is 0 Å². The number of carbonyl (C=O) groups is 1. The van der Waals surface area contributed by atoms with E-state index in [1.807, 2.05) is 36.5 Å². The molecule has 2 unspecified atom stereocenters. The van der Waals surface area contributed by atoms with Gasteiger partial charge in [-0.1, -0.05) is 18.2 Å². The normalized spacial score (nSPS) is 20.2. The van der Waals surface area contributed by atoms with Gasteiger partial charge in [0.05, 0.1) is 6.42 Å². The first-order chi connectivity index (χ1) is 10.2. The van der Waals surface area contributed by atoms with E-state index >= 15 is 0 Å². The first kappa shape index (κ1) is 14.2. The smallest absolute Gasteiger partial charge is 0.307 e. The summed E-state index contributed by atoms with van der Waals surface area (Å²) in [5.74, 6) is 1.46. The van der Waals surface area contributed by atoms with E-state index in [1.54, 1.807) is 18.0 Å². The second-order valence-electron chi connectivity index (χ2n) is 5.17. The van der Waals surface area contributed by atoms with E-state index in [1.165, 1.54) is 4.90 Å². The Morgan fingerprint density at radius 3 is 3.05 bits per heavy atom. The van der Waals surface area contributed by atoms with Gasteiger partial charge < -0.3 is 9.30 Å². The summed E-state index contributed by atoms with van der Waals surface area (Å²) in [5.41, 5.74) is 0. The van der Waals surface area contributed by atoms with Gasteiger partial charge in [-0.15, -0.1) is 11.8 Å². The topological polar surface area (TPSA) is 44.1 Å². The van der Waals surface area contributed by atoms with Crippen LogP contribution in [-0.4, -0.2) is 21.3 Å². The lowest BCUT2D eigenvalue weighted by Gasteiger charge is -2.11. The molecule has 2 aromatic rings. The molecule has 1 aliphatic rings. The number of esters is 1. The Bertz CT molecular complexity index is 612. The van der Waals surface area contributed by atoms with Gasteiger partial charge in [-0.05, 0) is 19.1 Å². The lowest BCUT2D eigenvalue weighted by Crippen LogP contribution is -2.10. The average Bonchev–Trinajstić information content (AvgIpc) is 3.06. The Kier molecular flexibility index (Phi) is 4.29. The van der Waals surface area contributed by atoms with Crippen LogP contribution in [0.15, 0.2) is 47.6 Å². The number of aromatic nitrogens is 2. The molecule has 2 atom stereocenters. The van der Waals surface area contributed by atoms with Crippen LogP contribution >= 0.6 is 11.8 Å². The van der Waals surface area contributed by atoms with Crippen LogP contribution in [-0.2, 0) is 9.53 Å². The SMILES string of the molecule is CC1CC(OC(=O)CCSc2ccccc2)c2nccn21. The number of nitrogens with zero attached hydrogens (tertiary/aromatic N) is 2. The number of fused-ring (bicyclic) bond motifs is 1. The highest BCUT2D eigenvalue weighted by molar-refractivity contribution is 7.99. The first-order valence-electron chi connectivity index (χ1n) is 7.14. The van der Waals surface area contributed by atoms with Crippen molar-refractivity contribution in [3.05, 3.63) is 48.5 Å². The Hall–Kier alpha value is -1.75. The lowest BCUT2D eigenvalue weighted by molar-refractivity contribution is -0.149. The summed E-state index contributed by atoms with van der Waals surface area (Å²) < 4.78 is 7.65. The third-order valence-electron chi connectivity index (χ3n) is 3.61. The van der Waals surface area contributed by atoms with Gasteiger partial charge in [0.15, 0.2) is 6.10 Å². The van der Waals surface area contributed by atoms with E-state index in [4.69, 9.17) is 4.74 Å². The number of ether oxygens (including phenoxy) is 1. The monoisotopic (exact) mass is 302 g/mol. The Morgan fingerprint density at radius 1 is 1.43 bits per heavy atom. The number of thioether (sulfide) groups is 1. The molecule has 1 aromatic carbocycles. The number of hydrogen-bond donors (Lipinski definition) is 0. The number of rotatable bonds is 5. The van der Waals surface area contributed by atoms with Crippen LogP contribution in [0.2, 0.25) is 0 Å². The highest BCUT2D eigenvalue weighted by atomic mass is 32.2. The number of hydrogen-bond acceptors (Lipinski definition) is 4. The zero-order valence-electron chi connectivity index (χ0n) is 11.9. The van der Waals surface area contributed by atoms with Gasteiger partial charge in [0.25, 0.3) is 0 Å². The Balaban J connectivity index is 1.47. The van der Waals surface area contributed by atoms with Gasteiger partial charge in [-0.25, -0.2) is 4.98 Å². The van der Waals surface area contributed by atoms with E-state index in [0.29, 0.717) is 12.5 Å². The highest BCUT2D eigenvalue weighted by Crippen LogP contribution is 2.35. The van der Waals surface area contributed by atoms with Crippen molar-refractivity contribution in [3.8, 4) is 0 Å². The molecule has 4 nitrogen and oxygen atoms in total. The van der Waals surface area contributed by atoms with Gasteiger partial charge in [0.1, 0.15) is 5.82 Å². The maximum absolute atomic E-state index is 12.0. The summed E-state index contributed by atoms with van der Waals surface area (Å²) in [5, 5.41) is 0. The quantitative estimate of drug-likeness (QED) is 0.625. The molecule has 0 fully saturated rings. The molecule has 3 rings (SSSR count). The fraction of sp³-hybridized carbons (Fsp3) is 0.375. The van der Waals surface area contributed by atoms with Crippen molar-refractivity contribution < 1.29 is 9.53 Å². The molecule has 0 saturated heterocycles. The molecular weight excluding hydrogens is 284 g/mol. The first-order valence-corrected chi connectivity index (χ1v) is 8.12. The van der Waals surface area contributed by atoms with Crippen molar-refractivity contribution in [2.75, 3.05) is 5.75 Å². The van der Waals surface area contributed by atoms with Crippen LogP contribution < -0.4 is 0 Å². The molecule has 2 heterocycles. The predicted octanol–water partition coefficient (Wildman–Crippen LogP) is 3.61. The minimum atomic E-state index is -0.191. The molecule has 21 heavy (non-hydrogen) atoms. The molecule has 0 N–H and O–H groups in total. The molecule has 0 aliphatic carbocycles. The van der Waals surface area contributed by atoms with E-state index in [0.717, 1.165) is 18.0 Å². The number of imidazole rings is 1. The maximum Gasteiger partial charge on any atom is 0.307 e. The fourth-order valence-corrected chi connectivity index (χ4v) is 3.42. The molecule has 1 aromatic heterocycles. The minimum Gasteiger partial charge on any atom is -0.454 e. The minimum absolute atomic E-state index is 0.146. The van der Waals surface area contributed by atoms with E-state index in [9.17, 15) is 4.79 Å². The van der Waals surface area contributed by atoms with Crippen LogP contribution in [0.4, 0.5) is 0 Å². The molecule has 5 heteroatoms. The molecule has 0 bridgehead atoms. The van der Waals surface area contributed by atoms with Crippen LogP contribution in [0.5, 0.6) is 0 Å². The summed E-state index contributed by atoms with van der Waals surface area (Å²) in [4.78, 5) is 17.4. The zero-order valence-corrected chi connectivity index (χ0v) is 12.8. The van der Waals surface area contributed by atoms with Crippen molar-refractivity contribution in [1.29, 1.82) is 0 Å². The Morgan fingerprint density at radius 2 is 2.24 bits per heavy atom. The zero-order chi connectivity index (χ0) is 14.7. The number of benzene rings is 1. The van der Waals surface area contributed by atoms with Crippen molar-refractivity contribution in [2.45, 2.75) is 36.8 Å². The average molecular weight is 302 g/mol. The summed E-state index contributed by atoms with van der Waals surface area (Å²) >= 11 is 1.67. The predicted molar refractivity (Wildman–Crippen MR) is 82.2 cm³/mol. The summed E-state index contributed by atoms with van der Waals surface area (Å²) in [6.45, 7) is 2.12. The van der Waals surface area contributed by atoms with Gasteiger partial charge >= 0.3 is 5.97 Å². The molecule has 0 saturated carbocycles. The van der Waals surface area contributed by atoms with Crippen LogP contribution in [0, 0.1) is 0 Å². The van der Waals surface area contributed by atoms with Crippen molar-refractivity contribution >= 4 is 17.7 Å². The molecule has 0 amide bonds. The van der Waals surface area contributed by atoms with Crippen LogP contribution in [0.1, 0.15) is 37.7 Å². The number of carbonyl (C=O) groups excluding carboxylic acids is 1. The standard InChI is InChI=1S/C16H18N2O2S/c1-12-11-14(16-17-8-9-18(12)16)20-15(19)7-10-21-13-5-3-2-4-6-13/h2-6,8-9,12,14H,7,10-11H2,1H3. The summed E-state index contributed by atoms with van der Waals surface area (Å²) in [6, 6.07) is 10.4. The lowest BCUT2D eigenvalue weighted by atomic mass is 10.2. The second kappa shape index (κ2) is 6.35.